The van der Waals surface area contributed by atoms with E-state index in [4.69, 9.17) is 21.1 Å². The van der Waals surface area contributed by atoms with Crippen LogP contribution in [0.15, 0.2) is 54.6 Å². The average molecular weight is 498 g/mol. The maximum atomic E-state index is 13.6. The van der Waals surface area contributed by atoms with Crippen LogP contribution in [-0.2, 0) is 20.7 Å². The Balaban J connectivity index is 1.84. The van der Waals surface area contributed by atoms with Gasteiger partial charge in [-0.1, -0.05) is 48.0 Å². The number of aliphatic hydroxyl groups is 1. The summed E-state index contributed by atoms with van der Waals surface area (Å²) in [5.74, 6) is -0.790. The predicted molar refractivity (Wildman–Crippen MR) is 123 cm³/mol. The summed E-state index contributed by atoms with van der Waals surface area (Å²) < 4.78 is 50.3. The molecule has 34 heavy (non-hydrogen) atoms. The van der Waals surface area contributed by atoms with Crippen LogP contribution in [0.1, 0.15) is 24.0 Å². The van der Waals surface area contributed by atoms with Gasteiger partial charge in [0.05, 0.1) is 7.11 Å². The van der Waals surface area contributed by atoms with Crippen molar-refractivity contribution in [3.05, 3.63) is 70.8 Å². The van der Waals surface area contributed by atoms with Crippen molar-refractivity contribution >= 4 is 17.6 Å². The number of benzene rings is 2. The van der Waals surface area contributed by atoms with Crippen molar-refractivity contribution in [3.63, 3.8) is 0 Å². The molecule has 0 radical (unpaired) electrons. The first-order chi connectivity index (χ1) is 15.9. The number of nitrogens with one attached hydrogen (secondary N) is 1. The number of rotatable bonds is 7. The third kappa shape index (κ3) is 5.30. The molecule has 0 aromatic heterocycles. The molecular formula is C25H27ClF3NO4. The van der Waals surface area contributed by atoms with Crippen LogP contribution in [0.25, 0.3) is 11.1 Å². The van der Waals surface area contributed by atoms with Gasteiger partial charge in [0.15, 0.2) is 5.60 Å². The van der Waals surface area contributed by atoms with Gasteiger partial charge in [0.2, 0.25) is 0 Å². The fourth-order valence-corrected chi connectivity index (χ4v) is 4.28. The van der Waals surface area contributed by atoms with Crippen molar-refractivity contribution in [1.29, 1.82) is 0 Å². The maximum Gasteiger partial charge on any atom is 0.421 e. The highest BCUT2D eigenvalue weighted by Crippen LogP contribution is 2.43. The number of hydrogen-bond acceptors (Lipinski definition) is 5. The summed E-state index contributed by atoms with van der Waals surface area (Å²) in [5.41, 5.74) is -0.532. The van der Waals surface area contributed by atoms with E-state index in [0.29, 0.717) is 5.02 Å². The Kier molecular flexibility index (Phi) is 7.77. The minimum Gasteiger partial charge on any atom is -0.467 e. The predicted octanol–water partition coefficient (Wildman–Crippen LogP) is 4.98. The molecule has 2 N–H and O–H groups in total. The Morgan fingerprint density at radius 1 is 1.12 bits per heavy atom. The Hall–Kier alpha value is -2.39. The van der Waals surface area contributed by atoms with E-state index < -0.39 is 35.9 Å². The molecule has 1 aliphatic rings. The molecule has 0 aliphatic heterocycles. The van der Waals surface area contributed by atoms with Crippen molar-refractivity contribution in [2.45, 2.75) is 49.7 Å². The number of alkyl halides is 3. The topological polar surface area (TPSA) is 67.8 Å². The summed E-state index contributed by atoms with van der Waals surface area (Å²) in [6.45, 7) is 1.89. The number of carbonyl (C=O) groups is 1. The third-order valence-corrected chi connectivity index (χ3v) is 6.54. The summed E-state index contributed by atoms with van der Waals surface area (Å²) in [6, 6.07) is 13.1. The van der Waals surface area contributed by atoms with E-state index in [9.17, 15) is 23.1 Å². The lowest BCUT2D eigenvalue weighted by Crippen LogP contribution is -2.60. The standard InChI is InChI=1S/C25H27ClF3NO4/c1-16-4-5-18(17-6-8-20(26)9-7-17)14-19(16)15-21(31)30-23(22(32)33-2)10-12-24(34-3,13-11-23)25(27,28)29/h4-10,12,14,21,30-31H,11,13,15H2,1-3H3. The van der Waals surface area contributed by atoms with E-state index in [0.717, 1.165) is 48.6 Å². The largest absolute Gasteiger partial charge is 0.467 e. The molecule has 0 saturated heterocycles. The second-order valence-corrected chi connectivity index (χ2v) is 8.84. The number of halogens is 4. The Morgan fingerprint density at radius 3 is 2.29 bits per heavy atom. The normalized spacial score (nSPS) is 23.5. The first kappa shape index (κ1) is 26.2. The molecule has 184 valence electrons. The van der Waals surface area contributed by atoms with E-state index in [-0.39, 0.29) is 12.8 Å². The molecule has 3 unspecified atom stereocenters. The molecule has 5 nitrogen and oxygen atoms in total. The lowest BCUT2D eigenvalue weighted by molar-refractivity contribution is -0.254. The minimum absolute atomic E-state index is 0.120. The van der Waals surface area contributed by atoms with Crippen LogP contribution in [-0.4, -0.2) is 48.8 Å². The smallest absolute Gasteiger partial charge is 0.421 e. The van der Waals surface area contributed by atoms with E-state index in [1.807, 2.05) is 37.3 Å². The lowest BCUT2D eigenvalue weighted by Gasteiger charge is -2.41. The van der Waals surface area contributed by atoms with Gasteiger partial charge in [-0.15, -0.1) is 0 Å². The van der Waals surface area contributed by atoms with Crippen molar-refractivity contribution in [2.24, 2.45) is 0 Å². The number of carbonyl (C=O) groups excluding carboxylic acids is 1. The number of aryl methyl sites for hydroxylation is 1. The second-order valence-electron chi connectivity index (χ2n) is 8.40. The van der Waals surface area contributed by atoms with Gasteiger partial charge in [-0.2, -0.15) is 13.2 Å². The van der Waals surface area contributed by atoms with Crippen molar-refractivity contribution in [1.82, 2.24) is 5.32 Å². The maximum absolute atomic E-state index is 13.6. The Morgan fingerprint density at radius 2 is 1.76 bits per heavy atom. The zero-order chi connectivity index (χ0) is 25.1. The average Bonchev–Trinajstić information content (AvgIpc) is 2.80. The first-order valence-corrected chi connectivity index (χ1v) is 11.0. The van der Waals surface area contributed by atoms with Crippen molar-refractivity contribution in [3.8, 4) is 11.1 Å². The number of hydrogen-bond donors (Lipinski definition) is 2. The molecule has 2 aromatic rings. The fourth-order valence-electron chi connectivity index (χ4n) is 4.15. The van der Waals surface area contributed by atoms with Gasteiger partial charge >= 0.3 is 12.1 Å². The molecule has 0 fully saturated rings. The van der Waals surface area contributed by atoms with E-state index >= 15 is 0 Å². The Labute approximate surface area is 201 Å². The minimum atomic E-state index is -4.65. The van der Waals surface area contributed by atoms with Crippen LogP contribution in [0.3, 0.4) is 0 Å². The number of ether oxygens (including phenoxy) is 2. The van der Waals surface area contributed by atoms with Crippen LogP contribution in [0.2, 0.25) is 5.02 Å². The van der Waals surface area contributed by atoms with Crippen molar-refractivity contribution in [2.75, 3.05) is 14.2 Å². The molecule has 0 saturated carbocycles. The first-order valence-electron chi connectivity index (χ1n) is 10.7. The summed E-state index contributed by atoms with van der Waals surface area (Å²) >= 11 is 5.96. The summed E-state index contributed by atoms with van der Waals surface area (Å²) in [6.07, 6.45) is -4.65. The third-order valence-electron chi connectivity index (χ3n) is 6.29. The molecular weight excluding hydrogens is 471 g/mol. The molecule has 9 heteroatoms. The number of aliphatic hydroxyl groups excluding tert-OH is 1. The molecule has 0 heterocycles. The summed E-state index contributed by atoms with van der Waals surface area (Å²) in [4.78, 5) is 12.6. The highest BCUT2D eigenvalue weighted by atomic mass is 35.5. The molecule has 0 bridgehead atoms. The van der Waals surface area contributed by atoms with Gasteiger partial charge in [0, 0.05) is 18.6 Å². The van der Waals surface area contributed by atoms with Crippen LogP contribution in [0.4, 0.5) is 13.2 Å². The number of methoxy groups -OCH3 is 2. The lowest BCUT2D eigenvalue weighted by atomic mass is 9.79. The number of esters is 1. The zero-order valence-electron chi connectivity index (χ0n) is 19.1. The quantitative estimate of drug-likeness (QED) is 0.321. The van der Waals surface area contributed by atoms with Crippen molar-refractivity contribution < 1.29 is 32.5 Å². The monoisotopic (exact) mass is 497 g/mol. The van der Waals surface area contributed by atoms with Gasteiger partial charge in [0.1, 0.15) is 11.8 Å². The second kappa shape index (κ2) is 10.1. The molecule has 3 rings (SSSR count). The molecule has 1 aliphatic carbocycles. The van der Waals surface area contributed by atoms with Crippen LogP contribution in [0, 0.1) is 6.92 Å². The SMILES string of the molecule is COC(=O)C1(NC(O)Cc2cc(-c3ccc(Cl)cc3)ccc2C)C=CC(OC)(C(F)(F)F)CC1. The van der Waals surface area contributed by atoms with E-state index in [1.165, 1.54) is 0 Å². The summed E-state index contributed by atoms with van der Waals surface area (Å²) in [5, 5.41) is 14.2. The van der Waals surface area contributed by atoms with Gasteiger partial charge < -0.3 is 14.6 Å². The molecule has 0 amide bonds. The highest BCUT2D eigenvalue weighted by molar-refractivity contribution is 6.30. The van der Waals surface area contributed by atoms with E-state index in [2.05, 4.69) is 5.32 Å². The van der Waals surface area contributed by atoms with Crippen LogP contribution >= 0.6 is 11.6 Å². The fraction of sp³-hybridized carbons (Fsp3) is 0.400. The van der Waals surface area contributed by atoms with Crippen LogP contribution < -0.4 is 5.32 Å². The highest BCUT2D eigenvalue weighted by Gasteiger charge is 2.58. The van der Waals surface area contributed by atoms with E-state index in [1.54, 1.807) is 12.1 Å². The Bertz CT molecular complexity index is 1060. The van der Waals surface area contributed by atoms with Gasteiger partial charge in [-0.05, 0) is 60.2 Å². The van der Waals surface area contributed by atoms with Crippen LogP contribution in [0.5, 0.6) is 0 Å². The molecule has 2 aromatic carbocycles. The molecule has 0 spiro atoms. The van der Waals surface area contributed by atoms with Gasteiger partial charge in [-0.3, -0.25) is 5.32 Å². The van der Waals surface area contributed by atoms with Gasteiger partial charge in [-0.25, -0.2) is 4.79 Å². The zero-order valence-corrected chi connectivity index (χ0v) is 19.8. The summed E-state index contributed by atoms with van der Waals surface area (Å²) in [7, 11) is 2.12. The molecule has 3 atom stereocenters. The van der Waals surface area contributed by atoms with Gasteiger partial charge in [0.25, 0.3) is 0 Å².